The first-order chi connectivity index (χ1) is 15.9. The van der Waals surface area contributed by atoms with Gasteiger partial charge < -0.3 is 10.2 Å². The summed E-state index contributed by atoms with van der Waals surface area (Å²) in [6.45, 7) is 1.30. The molecular formula is C24H23F3N6. The topological polar surface area (TPSA) is 58.9 Å². The van der Waals surface area contributed by atoms with Gasteiger partial charge in [0.1, 0.15) is 17.3 Å². The summed E-state index contributed by atoms with van der Waals surface area (Å²) in [5.74, 6) is -3.91. The molecule has 1 aromatic carbocycles. The lowest BCUT2D eigenvalue weighted by atomic mass is 9.88. The zero-order valence-electron chi connectivity index (χ0n) is 18.0. The minimum atomic E-state index is -3.01. The number of halogens is 3. The van der Waals surface area contributed by atoms with Gasteiger partial charge in [-0.05, 0) is 63.3 Å². The van der Waals surface area contributed by atoms with Crippen LogP contribution >= 0.6 is 0 Å². The van der Waals surface area contributed by atoms with E-state index < -0.39 is 17.7 Å². The molecule has 4 heterocycles. The number of hydrogen-bond donors (Lipinski definition) is 1. The fraction of sp³-hybridized carbons (Fsp3) is 0.292. The molecule has 3 aromatic heterocycles. The number of nitrogens with zero attached hydrogens (tertiary/aromatic N) is 5. The third kappa shape index (κ3) is 4.28. The van der Waals surface area contributed by atoms with Crippen LogP contribution in [-0.4, -0.2) is 44.8 Å². The smallest absolute Gasteiger partial charge is 0.292 e. The van der Waals surface area contributed by atoms with Gasteiger partial charge in [-0.15, -0.1) is 0 Å². The molecule has 1 saturated heterocycles. The van der Waals surface area contributed by atoms with Gasteiger partial charge in [-0.25, -0.2) is 19.0 Å². The van der Waals surface area contributed by atoms with Crippen LogP contribution in [0.4, 0.5) is 24.7 Å². The predicted molar refractivity (Wildman–Crippen MR) is 120 cm³/mol. The van der Waals surface area contributed by atoms with E-state index >= 15 is 8.78 Å². The van der Waals surface area contributed by atoms with Gasteiger partial charge in [-0.3, -0.25) is 0 Å². The van der Waals surface area contributed by atoms with Crippen LogP contribution in [0.15, 0.2) is 61.1 Å². The van der Waals surface area contributed by atoms with E-state index in [-0.39, 0.29) is 11.4 Å². The van der Waals surface area contributed by atoms with Crippen LogP contribution in [0.5, 0.6) is 0 Å². The zero-order chi connectivity index (χ0) is 23.0. The van der Waals surface area contributed by atoms with Crippen molar-refractivity contribution in [3.05, 3.63) is 72.6 Å². The maximum atomic E-state index is 15.2. The van der Waals surface area contributed by atoms with Crippen molar-refractivity contribution in [2.75, 3.05) is 25.5 Å². The summed E-state index contributed by atoms with van der Waals surface area (Å²) in [5.41, 5.74) is 0.935. The highest BCUT2D eigenvalue weighted by Gasteiger charge is 2.43. The number of alkyl halides is 2. The summed E-state index contributed by atoms with van der Waals surface area (Å²) < 4.78 is 46.6. The number of rotatable bonds is 5. The van der Waals surface area contributed by atoms with E-state index in [0.717, 1.165) is 0 Å². The molecule has 0 bridgehead atoms. The van der Waals surface area contributed by atoms with Crippen LogP contribution in [0.3, 0.4) is 0 Å². The summed E-state index contributed by atoms with van der Waals surface area (Å²) in [6, 6.07) is 11.0. The Morgan fingerprint density at radius 2 is 1.91 bits per heavy atom. The van der Waals surface area contributed by atoms with Crippen LogP contribution in [-0.2, 0) is 5.92 Å². The molecule has 6 nitrogen and oxygen atoms in total. The molecule has 33 heavy (non-hydrogen) atoms. The van der Waals surface area contributed by atoms with Crippen molar-refractivity contribution in [1.82, 2.24) is 24.6 Å². The number of aromatic nitrogens is 4. The standard InChI is InChI=1S/C24H23F3N6/c1-32-11-7-17(8-12-32)24(26,27)22-6-3-16-15-28-23(14-21(16)30-22)31-20-5-4-18(13-19(20)25)33-10-2-9-29-33/h2-6,9-10,13-15,17H,7-8,11-12H2,1H3,(H,28,31). The lowest BCUT2D eigenvalue weighted by molar-refractivity contribution is -0.0869. The van der Waals surface area contributed by atoms with Gasteiger partial charge in [0.05, 0.1) is 16.9 Å². The molecule has 0 atom stereocenters. The van der Waals surface area contributed by atoms with Crippen molar-refractivity contribution < 1.29 is 13.2 Å². The van der Waals surface area contributed by atoms with Gasteiger partial charge in [-0.1, -0.05) is 0 Å². The molecule has 1 aliphatic rings. The second-order valence-electron chi connectivity index (χ2n) is 8.40. The highest BCUT2D eigenvalue weighted by molar-refractivity contribution is 5.81. The highest BCUT2D eigenvalue weighted by atomic mass is 19.3. The molecule has 9 heteroatoms. The molecule has 0 amide bonds. The van der Waals surface area contributed by atoms with Crippen molar-refractivity contribution in [3.8, 4) is 5.69 Å². The van der Waals surface area contributed by atoms with Crippen LogP contribution in [0, 0.1) is 11.7 Å². The van der Waals surface area contributed by atoms with Crippen molar-refractivity contribution >= 4 is 22.4 Å². The Kier molecular flexibility index (Phi) is 5.49. The molecule has 1 aliphatic heterocycles. The van der Waals surface area contributed by atoms with E-state index in [9.17, 15) is 4.39 Å². The molecule has 0 radical (unpaired) electrons. The third-order valence-corrected chi connectivity index (χ3v) is 6.13. The molecule has 1 N–H and O–H groups in total. The molecular weight excluding hydrogens is 429 g/mol. The average molecular weight is 452 g/mol. The molecule has 0 aliphatic carbocycles. The summed E-state index contributed by atoms with van der Waals surface area (Å²) in [7, 11) is 1.94. The Balaban J connectivity index is 1.40. The maximum Gasteiger partial charge on any atom is 0.292 e. The van der Waals surface area contributed by atoms with Gasteiger partial charge >= 0.3 is 0 Å². The van der Waals surface area contributed by atoms with Gasteiger partial charge in [-0.2, -0.15) is 13.9 Å². The molecule has 170 valence electrons. The van der Waals surface area contributed by atoms with E-state index in [1.165, 1.54) is 18.3 Å². The van der Waals surface area contributed by atoms with Gasteiger partial charge in [0.15, 0.2) is 0 Å². The lowest BCUT2D eigenvalue weighted by Crippen LogP contribution is -2.38. The second-order valence-corrected chi connectivity index (χ2v) is 8.40. The Bertz CT molecular complexity index is 1270. The SMILES string of the molecule is CN1CCC(C(F)(F)c2ccc3cnc(Nc4ccc(-n5cccn5)cc4F)cc3n2)CC1. The first-order valence-corrected chi connectivity index (χ1v) is 10.8. The third-order valence-electron chi connectivity index (χ3n) is 6.13. The number of anilines is 2. The normalized spacial score (nSPS) is 15.8. The summed E-state index contributed by atoms with van der Waals surface area (Å²) in [6.07, 6.45) is 5.73. The molecule has 5 rings (SSSR count). The molecule has 1 fully saturated rings. The van der Waals surface area contributed by atoms with E-state index in [4.69, 9.17) is 0 Å². The predicted octanol–water partition coefficient (Wildman–Crippen LogP) is 5.13. The fourth-order valence-corrected chi connectivity index (χ4v) is 4.16. The van der Waals surface area contributed by atoms with Gasteiger partial charge in [0, 0.05) is 42.0 Å². The highest BCUT2D eigenvalue weighted by Crippen LogP contribution is 2.41. The number of benzene rings is 1. The maximum absolute atomic E-state index is 15.2. The minimum absolute atomic E-state index is 0.213. The summed E-state index contributed by atoms with van der Waals surface area (Å²) in [4.78, 5) is 10.6. The van der Waals surface area contributed by atoms with E-state index in [1.54, 1.807) is 47.4 Å². The lowest BCUT2D eigenvalue weighted by Gasteiger charge is -2.33. The summed E-state index contributed by atoms with van der Waals surface area (Å²) >= 11 is 0. The van der Waals surface area contributed by atoms with Gasteiger partial charge in [0.25, 0.3) is 5.92 Å². The number of nitrogens with one attached hydrogen (secondary N) is 1. The number of piperidine rings is 1. The van der Waals surface area contributed by atoms with Crippen LogP contribution < -0.4 is 5.32 Å². The molecule has 0 saturated carbocycles. The van der Waals surface area contributed by atoms with E-state index in [1.807, 2.05) is 7.05 Å². The van der Waals surface area contributed by atoms with Gasteiger partial charge in [0.2, 0.25) is 0 Å². The average Bonchev–Trinajstić information content (AvgIpc) is 3.35. The Hall–Kier alpha value is -3.46. The number of fused-ring (bicyclic) bond motifs is 1. The molecule has 4 aromatic rings. The number of pyridine rings is 2. The molecule has 0 spiro atoms. The minimum Gasteiger partial charge on any atom is -0.338 e. The second kappa shape index (κ2) is 8.47. The van der Waals surface area contributed by atoms with E-state index in [2.05, 4.69) is 25.3 Å². The Labute approximate surface area is 189 Å². The number of likely N-dealkylation sites (tertiary alicyclic amines) is 1. The quantitative estimate of drug-likeness (QED) is 0.455. The largest absolute Gasteiger partial charge is 0.338 e. The monoisotopic (exact) mass is 452 g/mol. The first-order valence-electron chi connectivity index (χ1n) is 10.8. The van der Waals surface area contributed by atoms with Crippen LogP contribution in [0.2, 0.25) is 0 Å². The fourth-order valence-electron chi connectivity index (χ4n) is 4.16. The van der Waals surface area contributed by atoms with Crippen molar-refractivity contribution in [2.24, 2.45) is 5.92 Å². The Morgan fingerprint density at radius 1 is 1.09 bits per heavy atom. The zero-order valence-corrected chi connectivity index (χ0v) is 18.0. The van der Waals surface area contributed by atoms with Crippen LogP contribution in [0.1, 0.15) is 18.5 Å². The van der Waals surface area contributed by atoms with E-state index in [0.29, 0.717) is 48.3 Å². The molecule has 0 unspecified atom stereocenters. The number of hydrogen-bond acceptors (Lipinski definition) is 5. The van der Waals surface area contributed by atoms with Crippen molar-refractivity contribution in [1.29, 1.82) is 0 Å². The first kappa shape index (κ1) is 21.4. The summed E-state index contributed by atoms with van der Waals surface area (Å²) in [5, 5.41) is 7.64. The van der Waals surface area contributed by atoms with Crippen molar-refractivity contribution in [2.45, 2.75) is 18.8 Å². The van der Waals surface area contributed by atoms with Crippen molar-refractivity contribution in [3.63, 3.8) is 0 Å². The Morgan fingerprint density at radius 3 is 2.64 bits per heavy atom. The van der Waals surface area contributed by atoms with Crippen LogP contribution in [0.25, 0.3) is 16.6 Å².